The van der Waals surface area contributed by atoms with Crippen molar-refractivity contribution >= 4 is 49.2 Å². The number of nitrogens with zero attached hydrogens (tertiary/aromatic N) is 2. The molecule has 1 aliphatic rings. The van der Waals surface area contributed by atoms with E-state index in [2.05, 4.69) is 34.6 Å². The average molecular weight is 433 g/mol. The molecular weight excluding hydrogens is 416 g/mol. The minimum atomic E-state index is 0.0857. The molecule has 0 saturated heterocycles. The van der Waals surface area contributed by atoms with Gasteiger partial charge < -0.3 is 0 Å². The van der Waals surface area contributed by atoms with Gasteiger partial charge in [-0.1, -0.05) is 45.9 Å². The SMILES string of the molecule is C=CCn1c(SCc2ccc(Br)cc2)nc2sc3c(c2c1=O)CCC3. The van der Waals surface area contributed by atoms with Crippen molar-refractivity contribution in [2.24, 2.45) is 0 Å². The zero-order valence-corrected chi connectivity index (χ0v) is 16.8. The molecule has 6 heteroatoms. The number of rotatable bonds is 5. The standard InChI is InChI=1S/C19H17BrN2OS2/c1-2-10-22-18(23)16-14-4-3-5-15(14)25-17(16)21-19(22)24-11-12-6-8-13(20)9-7-12/h2,6-9H,1,3-5,10-11H2. The molecule has 128 valence electrons. The van der Waals surface area contributed by atoms with Gasteiger partial charge in [-0.3, -0.25) is 9.36 Å². The topological polar surface area (TPSA) is 34.9 Å². The summed E-state index contributed by atoms with van der Waals surface area (Å²) in [5, 5.41) is 1.62. The van der Waals surface area contributed by atoms with E-state index in [-0.39, 0.29) is 5.56 Å². The quantitative estimate of drug-likeness (QED) is 0.316. The maximum atomic E-state index is 13.1. The lowest BCUT2D eigenvalue weighted by Crippen LogP contribution is -2.22. The maximum absolute atomic E-state index is 13.1. The van der Waals surface area contributed by atoms with Crippen molar-refractivity contribution < 1.29 is 0 Å². The van der Waals surface area contributed by atoms with E-state index in [9.17, 15) is 4.79 Å². The van der Waals surface area contributed by atoms with Crippen molar-refractivity contribution in [2.45, 2.75) is 36.7 Å². The highest BCUT2D eigenvalue weighted by Gasteiger charge is 2.23. The molecule has 0 radical (unpaired) electrons. The molecule has 0 fully saturated rings. The number of benzene rings is 1. The van der Waals surface area contributed by atoms with Gasteiger partial charge in [-0.2, -0.15) is 0 Å². The van der Waals surface area contributed by atoms with Gasteiger partial charge in [0.15, 0.2) is 5.16 Å². The number of aromatic nitrogens is 2. The number of hydrogen-bond donors (Lipinski definition) is 0. The Balaban J connectivity index is 1.74. The molecule has 0 N–H and O–H groups in total. The first-order valence-corrected chi connectivity index (χ1v) is 10.8. The van der Waals surface area contributed by atoms with Gasteiger partial charge in [0.1, 0.15) is 4.83 Å². The highest BCUT2D eigenvalue weighted by atomic mass is 79.9. The molecule has 1 aromatic carbocycles. The van der Waals surface area contributed by atoms with Gasteiger partial charge in [0.25, 0.3) is 5.56 Å². The van der Waals surface area contributed by atoms with Crippen LogP contribution < -0.4 is 5.56 Å². The second kappa shape index (κ2) is 7.09. The smallest absolute Gasteiger partial charge is 0.263 e. The van der Waals surface area contributed by atoms with Crippen LogP contribution in [0.5, 0.6) is 0 Å². The Labute approximate surface area is 162 Å². The molecule has 0 unspecified atom stereocenters. The summed E-state index contributed by atoms with van der Waals surface area (Å²) >= 11 is 6.76. The van der Waals surface area contributed by atoms with Gasteiger partial charge in [0, 0.05) is 21.6 Å². The number of halogens is 1. The number of hydrogen-bond acceptors (Lipinski definition) is 4. The monoisotopic (exact) mass is 432 g/mol. The lowest BCUT2D eigenvalue weighted by atomic mass is 10.2. The number of allylic oxidation sites excluding steroid dienone is 1. The second-order valence-electron chi connectivity index (χ2n) is 6.05. The van der Waals surface area contributed by atoms with Gasteiger partial charge in [0.05, 0.1) is 5.39 Å². The van der Waals surface area contributed by atoms with Crippen molar-refractivity contribution in [2.75, 3.05) is 0 Å². The summed E-state index contributed by atoms with van der Waals surface area (Å²) < 4.78 is 2.84. The first kappa shape index (κ1) is 17.1. The normalized spacial score (nSPS) is 13.3. The first-order valence-electron chi connectivity index (χ1n) is 8.20. The van der Waals surface area contributed by atoms with Crippen LogP contribution in [0, 0.1) is 0 Å². The van der Waals surface area contributed by atoms with E-state index >= 15 is 0 Å². The van der Waals surface area contributed by atoms with Gasteiger partial charge in [-0.05, 0) is 42.5 Å². The Morgan fingerprint density at radius 1 is 1.32 bits per heavy atom. The van der Waals surface area contributed by atoms with E-state index in [0.29, 0.717) is 6.54 Å². The van der Waals surface area contributed by atoms with Gasteiger partial charge >= 0.3 is 0 Å². The predicted octanol–water partition coefficient (Wildman–Crippen LogP) is 5.19. The minimum absolute atomic E-state index is 0.0857. The largest absolute Gasteiger partial charge is 0.283 e. The molecule has 0 atom stereocenters. The van der Waals surface area contributed by atoms with Crippen molar-refractivity contribution in [3.8, 4) is 0 Å². The molecule has 3 nitrogen and oxygen atoms in total. The third-order valence-electron chi connectivity index (χ3n) is 4.38. The third kappa shape index (κ3) is 3.23. The highest BCUT2D eigenvalue weighted by molar-refractivity contribution is 9.10. The molecule has 0 spiro atoms. The van der Waals surface area contributed by atoms with E-state index in [1.165, 1.54) is 16.0 Å². The third-order valence-corrected chi connectivity index (χ3v) is 7.14. The molecule has 0 aliphatic heterocycles. The van der Waals surface area contributed by atoms with Crippen LogP contribution in [0.4, 0.5) is 0 Å². The maximum Gasteiger partial charge on any atom is 0.263 e. The van der Waals surface area contributed by atoms with Crippen LogP contribution in [-0.4, -0.2) is 9.55 Å². The summed E-state index contributed by atoms with van der Waals surface area (Å²) in [6, 6.07) is 8.25. The fourth-order valence-corrected chi connectivity index (χ4v) is 5.72. The zero-order chi connectivity index (χ0) is 17.4. The number of fused-ring (bicyclic) bond motifs is 3. The molecule has 2 aromatic heterocycles. The van der Waals surface area contributed by atoms with Crippen LogP contribution in [-0.2, 0) is 25.1 Å². The fourth-order valence-electron chi connectivity index (χ4n) is 3.19. The molecule has 0 saturated carbocycles. The summed E-state index contributed by atoms with van der Waals surface area (Å²) in [7, 11) is 0. The molecule has 0 amide bonds. The molecule has 1 aliphatic carbocycles. The molecule has 3 aromatic rings. The van der Waals surface area contributed by atoms with Gasteiger partial charge in [-0.25, -0.2) is 4.98 Å². The van der Waals surface area contributed by atoms with E-state index in [0.717, 1.165) is 44.9 Å². The summed E-state index contributed by atoms with van der Waals surface area (Å²) in [4.78, 5) is 20.2. The lowest BCUT2D eigenvalue weighted by molar-refractivity contribution is 0.672. The summed E-state index contributed by atoms with van der Waals surface area (Å²) in [5.41, 5.74) is 2.53. The van der Waals surface area contributed by atoms with Gasteiger partial charge in [-0.15, -0.1) is 17.9 Å². The molecule has 2 heterocycles. The van der Waals surface area contributed by atoms with E-state index in [1.54, 1.807) is 33.7 Å². The van der Waals surface area contributed by atoms with Crippen molar-refractivity contribution in [1.29, 1.82) is 0 Å². The average Bonchev–Trinajstić information content (AvgIpc) is 3.18. The second-order valence-corrected chi connectivity index (χ2v) is 8.99. The molecular formula is C19H17BrN2OS2. The lowest BCUT2D eigenvalue weighted by Gasteiger charge is -2.10. The summed E-state index contributed by atoms with van der Waals surface area (Å²) in [6.45, 7) is 4.30. The predicted molar refractivity (Wildman–Crippen MR) is 110 cm³/mol. The van der Waals surface area contributed by atoms with Crippen LogP contribution in [0.25, 0.3) is 10.2 Å². The number of aryl methyl sites for hydroxylation is 2. The fraction of sp³-hybridized carbons (Fsp3) is 0.263. The van der Waals surface area contributed by atoms with Crippen LogP contribution in [0.15, 0.2) is 51.3 Å². The Hall–Kier alpha value is -1.37. The zero-order valence-electron chi connectivity index (χ0n) is 13.6. The number of thioether (sulfide) groups is 1. The highest BCUT2D eigenvalue weighted by Crippen LogP contribution is 2.35. The van der Waals surface area contributed by atoms with Gasteiger partial charge in [0.2, 0.25) is 0 Å². The number of thiophene rings is 1. The van der Waals surface area contributed by atoms with Crippen molar-refractivity contribution in [1.82, 2.24) is 9.55 Å². The molecule has 0 bridgehead atoms. The molecule has 4 rings (SSSR count). The Morgan fingerprint density at radius 2 is 2.12 bits per heavy atom. The Bertz CT molecular complexity index is 1000. The first-order chi connectivity index (χ1) is 12.2. The minimum Gasteiger partial charge on any atom is -0.283 e. The van der Waals surface area contributed by atoms with E-state index in [1.807, 2.05) is 12.1 Å². The van der Waals surface area contributed by atoms with Crippen LogP contribution in [0.2, 0.25) is 0 Å². The van der Waals surface area contributed by atoms with Crippen molar-refractivity contribution in [3.05, 3.63) is 67.8 Å². The van der Waals surface area contributed by atoms with E-state index < -0.39 is 0 Å². The summed E-state index contributed by atoms with van der Waals surface area (Å²) in [5.74, 6) is 0.785. The van der Waals surface area contributed by atoms with Crippen LogP contribution >= 0.6 is 39.0 Å². The molecule has 25 heavy (non-hydrogen) atoms. The van der Waals surface area contributed by atoms with Crippen LogP contribution in [0.1, 0.15) is 22.4 Å². The van der Waals surface area contributed by atoms with E-state index in [4.69, 9.17) is 4.98 Å². The summed E-state index contributed by atoms with van der Waals surface area (Å²) in [6.07, 6.45) is 5.01. The Morgan fingerprint density at radius 3 is 2.88 bits per heavy atom. The Kier molecular flexibility index (Phi) is 4.84. The van der Waals surface area contributed by atoms with Crippen molar-refractivity contribution in [3.63, 3.8) is 0 Å². The van der Waals surface area contributed by atoms with Crippen LogP contribution in [0.3, 0.4) is 0 Å².